The predicted molar refractivity (Wildman–Crippen MR) is 87.5 cm³/mol. The summed E-state index contributed by atoms with van der Waals surface area (Å²) in [5.74, 6) is -1.58. The molecule has 5 heteroatoms. The second kappa shape index (κ2) is 7.63. The first kappa shape index (κ1) is 16.8. The Kier molecular flexibility index (Phi) is 5.57. The third-order valence-corrected chi connectivity index (χ3v) is 3.71. The van der Waals surface area contributed by atoms with Crippen molar-refractivity contribution in [2.75, 3.05) is 6.61 Å². The van der Waals surface area contributed by atoms with Crippen LogP contribution in [-0.4, -0.2) is 28.8 Å². The number of aromatic carboxylic acids is 2. The highest BCUT2D eigenvalue weighted by Gasteiger charge is 2.14. The maximum atomic E-state index is 11.3. The summed E-state index contributed by atoms with van der Waals surface area (Å²) < 4.78 is 5.75. The minimum absolute atomic E-state index is 0.107. The van der Waals surface area contributed by atoms with Gasteiger partial charge in [0.05, 0.1) is 17.7 Å². The number of ether oxygens (including phenoxy) is 1. The minimum atomic E-state index is -1.05. The Morgan fingerprint density at radius 2 is 1.74 bits per heavy atom. The predicted octanol–water partition coefficient (Wildman–Crippen LogP) is 4.20. The molecule has 2 N–H and O–H groups in total. The van der Waals surface area contributed by atoms with Crippen LogP contribution in [0.25, 0.3) is 10.8 Å². The minimum Gasteiger partial charge on any atom is -0.493 e. The van der Waals surface area contributed by atoms with Crippen molar-refractivity contribution in [3.63, 3.8) is 0 Å². The fraction of sp³-hybridized carbons (Fsp3) is 0.333. The molecule has 0 heterocycles. The van der Waals surface area contributed by atoms with E-state index in [9.17, 15) is 14.7 Å². The monoisotopic (exact) mass is 316 g/mol. The lowest BCUT2D eigenvalue weighted by Crippen LogP contribution is -2.03. The zero-order valence-electron chi connectivity index (χ0n) is 13.0. The second-order valence-corrected chi connectivity index (χ2v) is 5.39. The van der Waals surface area contributed by atoms with Crippen LogP contribution in [0, 0.1) is 0 Å². The van der Waals surface area contributed by atoms with Crippen molar-refractivity contribution in [1.82, 2.24) is 0 Å². The number of rotatable bonds is 8. The van der Waals surface area contributed by atoms with Crippen LogP contribution in [-0.2, 0) is 0 Å². The maximum absolute atomic E-state index is 11.3. The average Bonchev–Trinajstić information content (AvgIpc) is 2.53. The van der Waals surface area contributed by atoms with Crippen molar-refractivity contribution in [1.29, 1.82) is 0 Å². The number of carboxylic acids is 2. The Labute approximate surface area is 134 Å². The molecule has 0 bridgehead atoms. The van der Waals surface area contributed by atoms with Crippen LogP contribution in [0.3, 0.4) is 0 Å². The van der Waals surface area contributed by atoms with Crippen molar-refractivity contribution in [2.24, 2.45) is 0 Å². The van der Waals surface area contributed by atoms with Gasteiger partial charge in [0.1, 0.15) is 5.75 Å². The third kappa shape index (κ3) is 4.00. The summed E-state index contributed by atoms with van der Waals surface area (Å²) in [5, 5.41) is 19.4. The molecule has 23 heavy (non-hydrogen) atoms. The molecule has 0 unspecified atom stereocenters. The molecule has 0 spiro atoms. The number of hydrogen-bond donors (Lipinski definition) is 2. The summed E-state index contributed by atoms with van der Waals surface area (Å²) in [5.41, 5.74) is 0.242. The van der Waals surface area contributed by atoms with E-state index in [4.69, 9.17) is 9.84 Å². The van der Waals surface area contributed by atoms with Crippen molar-refractivity contribution < 1.29 is 24.5 Å². The number of benzene rings is 2. The van der Waals surface area contributed by atoms with Gasteiger partial charge in [0, 0.05) is 5.39 Å². The van der Waals surface area contributed by atoms with Crippen molar-refractivity contribution in [3.05, 3.63) is 41.5 Å². The summed E-state index contributed by atoms with van der Waals surface area (Å²) in [6.07, 6.45) is 4.26. The van der Waals surface area contributed by atoms with Gasteiger partial charge in [-0.05, 0) is 36.1 Å². The van der Waals surface area contributed by atoms with E-state index in [1.54, 1.807) is 6.07 Å². The van der Waals surface area contributed by atoms with Gasteiger partial charge in [-0.25, -0.2) is 9.59 Å². The summed E-state index contributed by atoms with van der Waals surface area (Å²) in [6.45, 7) is 2.66. The van der Waals surface area contributed by atoms with Gasteiger partial charge < -0.3 is 14.9 Å². The highest BCUT2D eigenvalue weighted by atomic mass is 16.5. The molecule has 0 saturated heterocycles. The first-order chi connectivity index (χ1) is 11.0. The molecular formula is C18H20O5. The van der Waals surface area contributed by atoms with Crippen molar-refractivity contribution in [3.8, 4) is 5.75 Å². The number of fused-ring (bicyclic) bond motifs is 1. The van der Waals surface area contributed by atoms with E-state index < -0.39 is 11.9 Å². The smallest absolute Gasteiger partial charge is 0.336 e. The lowest BCUT2D eigenvalue weighted by molar-refractivity contribution is 0.0688. The molecule has 0 aliphatic carbocycles. The molecule has 2 rings (SSSR count). The van der Waals surface area contributed by atoms with Gasteiger partial charge in [-0.1, -0.05) is 32.3 Å². The zero-order chi connectivity index (χ0) is 16.8. The summed E-state index contributed by atoms with van der Waals surface area (Å²) in [6, 6.07) is 7.48. The Balaban J connectivity index is 2.35. The number of carbonyl (C=O) groups is 2. The standard InChI is InChI=1S/C18H20O5/c1-2-3-4-5-10-23-16-9-8-14(18(21)22)13-7-6-12(17(19)20)11-15(13)16/h6-9,11H,2-5,10H2,1H3,(H,19,20)(H,21,22). The fourth-order valence-corrected chi connectivity index (χ4v) is 2.48. The molecule has 122 valence electrons. The van der Waals surface area contributed by atoms with Crippen LogP contribution in [0.5, 0.6) is 5.75 Å². The Bertz CT molecular complexity index is 721. The highest BCUT2D eigenvalue weighted by molar-refractivity contribution is 6.07. The van der Waals surface area contributed by atoms with Crippen LogP contribution < -0.4 is 4.74 Å². The van der Waals surface area contributed by atoms with E-state index in [0.29, 0.717) is 23.1 Å². The van der Waals surface area contributed by atoms with E-state index >= 15 is 0 Å². The molecule has 0 atom stereocenters. The molecule has 0 aromatic heterocycles. The first-order valence-corrected chi connectivity index (χ1v) is 7.70. The molecule has 2 aromatic carbocycles. The van der Waals surface area contributed by atoms with Gasteiger partial charge in [-0.2, -0.15) is 0 Å². The molecule has 5 nitrogen and oxygen atoms in total. The number of unbranched alkanes of at least 4 members (excludes halogenated alkanes) is 3. The van der Waals surface area contributed by atoms with Crippen LogP contribution in [0.15, 0.2) is 30.3 Å². The molecule has 0 fully saturated rings. The normalized spacial score (nSPS) is 10.7. The Morgan fingerprint density at radius 1 is 0.957 bits per heavy atom. The zero-order valence-corrected chi connectivity index (χ0v) is 13.0. The van der Waals surface area contributed by atoms with E-state index in [0.717, 1.165) is 25.7 Å². The van der Waals surface area contributed by atoms with Gasteiger partial charge >= 0.3 is 11.9 Å². The molecule has 0 aliphatic heterocycles. The largest absolute Gasteiger partial charge is 0.493 e. The molecule has 0 aliphatic rings. The summed E-state index contributed by atoms with van der Waals surface area (Å²) >= 11 is 0. The van der Waals surface area contributed by atoms with E-state index in [1.165, 1.54) is 24.3 Å². The first-order valence-electron chi connectivity index (χ1n) is 7.70. The van der Waals surface area contributed by atoms with Crippen molar-refractivity contribution in [2.45, 2.75) is 32.6 Å². The quantitative estimate of drug-likeness (QED) is 0.713. The highest BCUT2D eigenvalue weighted by Crippen LogP contribution is 2.30. The van der Waals surface area contributed by atoms with E-state index in [-0.39, 0.29) is 11.1 Å². The van der Waals surface area contributed by atoms with Crippen molar-refractivity contribution >= 4 is 22.7 Å². The maximum Gasteiger partial charge on any atom is 0.336 e. The van der Waals surface area contributed by atoms with Crippen LogP contribution in [0.4, 0.5) is 0 Å². The van der Waals surface area contributed by atoms with Gasteiger partial charge in [0.15, 0.2) is 0 Å². The van der Waals surface area contributed by atoms with Gasteiger partial charge in [0.2, 0.25) is 0 Å². The Hall–Kier alpha value is -2.56. The Morgan fingerprint density at radius 3 is 2.39 bits per heavy atom. The molecule has 2 aromatic rings. The summed E-state index contributed by atoms with van der Waals surface area (Å²) in [4.78, 5) is 22.5. The molecular weight excluding hydrogens is 296 g/mol. The van der Waals surface area contributed by atoms with E-state index in [2.05, 4.69) is 6.92 Å². The fourth-order valence-electron chi connectivity index (χ4n) is 2.48. The van der Waals surface area contributed by atoms with Gasteiger partial charge in [0.25, 0.3) is 0 Å². The SMILES string of the molecule is CCCCCCOc1ccc(C(=O)O)c2ccc(C(=O)O)cc12. The number of carboxylic acid groups (broad SMARTS) is 2. The van der Waals surface area contributed by atoms with Gasteiger partial charge in [-0.15, -0.1) is 0 Å². The van der Waals surface area contributed by atoms with Crippen LogP contribution in [0.2, 0.25) is 0 Å². The topological polar surface area (TPSA) is 83.8 Å². The van der Waals surface area contributed by atoms with Gasteiger partial charge in [-0.3, -0.25) is 0 Å². The molecule has 0 amide bonds. The lowest BCUT2D eigenvalue weighted by Gasteiger charge is -2.12. The molecule has 0 radical (unpaired) electrons. The summed E-state index contributed by atoms with van der Waals surface area (Å²) in [7, 11) is 0. The van der Waals surface area contributed by atoms with E-state index in [1.807, 2.05) is 0 Å². The lowest BCUT2D eigenvalue weighted by atomic mass is 10.0. The second-order valence-electron chi connectivity index (χ2n) is 5.39. The molecule has 0 saturated carbocycles. The van der Waals surface area contributed by atoms with Crippen LogP contribution in [0.1, 0.15) is 53.3 Å². The average molecular weight is 316 g/mol. The van der Waals surface area contributed by atoms with Crippen LogP contribution >= 0.6 is 0 Å². The third-order valence-electron chi connectivity index (χ3n) is 3.71. The number of hydrogen-bond acceptors (Lipinski definition) is 3.